The first-order valence-corrected chi connectivity index (χ1v) is 10.0. The van der Waals surface area contributed by atoms with Crippen LogP contribution in [0.5, 0.6) is 0 Å². The molecule has 24 heavy (non-hydrogen) atoms. The summed E-state index contributed by atoms with van der Waals surface area (Å²) in [7, 11) is 0. The molecular weight excluding hydrogens is 415 g/mol. The molecule has 2 rings (SSSR count). The molecule has 1 aliphatic carbocycles. The van der Waals surface area contributed by atoms with Gasteiger partial charge in [-0.05, 0) is 49.5 Å². The number of hydrogen-bond acceptors (Lipinski definition) is 3. The van der Waals surface area contributed by atoms with Gasteiger partial charge in [0.05, 0.1) is 12.2 Å². The summed E-state index contributed by atoms with van der Waals surface area (Å²) in [5.74, 6) is 1.40. The highest BCUT2D eigenvalue weighted by atomic mass is 127. The van der Waals surface area contributed by atoms with Crippen LogP contribution in [0.4, 0.5) is 0 Å². The maximum absolute atomic E-state index is 13.0. The van der Waals surface area contributed by atoms with E-state index >= 15 is 0 Å². The van der Waals surface area contributed by atoms with Crippen LogP contribution in [0.25, 0.3) is 0 Å². The van der Waals surface area contributed by atoms with E-state index < -0.39 is 0 Å². The van der Waals surface area contributed by atoms with E-state index in [-0.39, 0.29) is 18.0 Å². The van der Waals surface area contributed by atoms with Gasteiger partial charge in [0.15, 0.2) is 12.6 Å². The van der Waals surface area contributed by atoms with Crippen LogP contribution in [-0.4, -0.2) is 19.2 Å². The Balaban J connectivity index is 1.99. The molecule has 0 spiro atoms. The zero-order chi connectivity index (χ0) is 17.7. The fourth-order valence-electron chi connectivity index (χ4n) is 3.39. The van der Waals surface area contributed by atoms with Gasteiger partial charge in [-0.3, -0.25) is 4.79 Å². The van der Waals surface area contributed by atoms with Crippen LogP contribution in [0.15, 0.2) is 32.6 Å². The quantitative estimate of drug-likeness (QED) is 0.389. The summed E-state index contributed by atoms with van der Waals surface area (Å²) in [5.41, 5.74) is 3.26. The Morgan fingerprint density at radius 1 is 1.33 bits per heavy atom. The molecule has 0 amide bonds. The second-order valence-electron chi connectivity index (χ2n) is 7.41. The summed E-state index contributed by atoms with van der Waals surface area (Å²) in [6, 6.07) is 0. The van der Waals surface area contributed by atoms with E-state index in [0.29, 0.717) is 12.5 Å². The summed E-state index contributed by atoms with van der Waals surface area (Å²) < 4.78 is 13.0. The summed E-state index contributed by atoms with van der Waals surface area (Å²) in [5, 5.41) is 0. The SMILES string of the molecule is C/C(=C\I)CC/C=C(\C)CC[C@]1(C)C(=O)C2=C(C[C@H]1C)OCOC2. The van der Waals surface area contributed by atoms with Crippen molar-refractivity contribution in [3.63, 3.8) is 0 Å². The smallest absolute Gasteiger partial charge is 0.188 e. The minimum absolute atomic E-state index is 0.229. The number of ketones is 1. The van der Waals surface area contributed by atoms with Gasteiger partial charge < -0.3 is 9.47 Å². The van der Waals surface area contributed by atoms with E-state index in [9.17, 15) is 4.79 Å². The second kappa shape index (κ2) is 8.65. The second-order valence-corrected chi connectivity index (χ2v) is 8.03. The van der Waals surface area contributed by atoms with Crippen molar-refractivity contribution in [1.29, 1.82) is 0 Å². The molecule has 0 radical (unpaired) electrons. The zero-order valence-electron chi connectivity index (χ0n) is 15.3. The van der Waals surface area contributed by atoms with Gasteiger partial charge in [-0.2, -0.15) is 0 Å². The van der Waals surface area contributed by atoms with E-state index in [1.807, 2.05) is 0 Å². The Kier molecular flexibility index (Phi) is 7.10. The number of halogens is 1. The van der Waals surface area contributed by atoms with Crippen molar-refractivity contribution >= 4 is 28.4 Å². The topological polar surface area (TPSA) is 35.5 Å². The van der Waals surface area contributed by atoms with E-state index in [4.69, 9.17) is 9.47 Å². The van der Waals surface area contributed by atoms with E-state index in [1.54, 1.807) is 0 Å². The largest absolute Gasteiger partial charge is 0.471 e. The lowest BCUT2D eigenvalue weighted by atomic mass is 9.64. The third kappa shape index (κ3) is 4.51. The predicted octanol–water partition coefficient (Wildman–Crippen LogP) is 5.71. The highest BCUT2D eigenvalue weighted by Crippen LogP contribution is 2.45. The Labute approximate surface area is 159 Å². The van der Waals surface area contributed by atoms with Gasteiger partial charge in [-0.1, -0.05) is 53.7 Å². The van der Waals surface area contributed by atoms with Crippen LogP contribution in [-0.2, 0) is 14.3 Å². The molecule has 0 unspecified atom stereocenters. The standard InChI is InChI=1S/C20H29IO3/c1-14(6-5-7-15(2)11-21)8-9-20(4)16(3)10-18-17(19(20)22)12-23-13-24-18/h6,11,16H,5,7-10,12-13H2,1-4H3/b14-6+,15-11+/t16-,20+/m1/s1. The van der Waals surface area contributed by atoms with Crippen LogP contribution >= 0.6 is 22.6 Å². The number of hydrogen-bond donors (Lipinski definition) is 0. The fourth-order valence-corrected chi connectivity index (χ4v) is 3.70. The highest BCUT2D eigenvalue weighted by Gasteiger charge is 2.45. The molecule has 134 valence electrons. The Morgan fingerprint density at radius 2 is 2.08 bits per heavy atom. The van der Waals surface area contributed by atoms with Gasteiger partial charge in [0.1, 0.15) is 5.76 Å². The monoisotopic (exact) mass is 444 g/mol. The summed E-state index contributed by atoms with van der Waals surface area (Å²) in [6.07, 6.45) is 7.23. The van der Waals surface area contributed by atoms with Crippen molar-refractivity contribution in [3.05, 3.63) is 32.6 Å². The van der Waals surface area contributed by atoms with E-state index in [1.165, 1.54) is 11.1 Å². The fraction of sp³-hybridized carbons (Fsp3) is 0.650. The molecule has 0 aromatic carbocycles. The number of carbonyl (C=O) groups excluding carboxylic acids is 1. The normalized spacial score (nSPS) is 28.7. The lowest BCUT2D eigenvalue weighted by Crippen LogP contribution is -2.42. The maximum Gasteiger partial charge on any atom is 0.188 e. The average molecular weight is 444 g/mol. The predicted molar refractivity (Wildman–Crippen MR) is 106 cm³/mol. The molecule has 1 heterocycles. The van der Waals surface area contributed by atoms with Gasteiger partial charge >= 0.3 is 0 Å². The first-order valence-electron chi connectivity index (χ1n) is 8.77. The van der Waals surface area contributed by atoms with Gasteiger partial charge in [-0.15, -0.1) is 0 Å². The van der Waals surface area contributed by atoms with E-state index in [0.717, 1.165) is 43.4 Å². The Hall–Kier alpha value is -0.620. The lowest BCUT2D eigenvalue weighted by molar-refractivity contribution is -0.134. The number of ether oxygens (including phenoxy) is 2. The molecule has 0 aromatic heterocycles. The van der Waals surface area contributed by atoms with Gasteiger partial charge in [-0.25, -0.2) is 0 Å². The highest BCUT2D eigenvalue weighted by molar-refractivity contribution is 14.1. The third-order valence-corrected chi connectivity index (χ3v) is 6.59. The average Bonchev–Trinajstić information content (AvgIpc) is 2.58. The molecule has 4 heteroatoms. The number of allylic oxidation sites excluding steroid dienone is 4. The molecule has 0 fully saturated rings. The molecule has 2 atom stereocenters. The first-order chi connectivity index (χ1) is 11.4. The summed E-state index contributed by atoms with van der Waals surface area (Å²) >= 11 is 2.29. The van der Waals surface area contributed by atoms with Crippen LogP contribution in [0, 0.1) is 11.3 Å². The minimum Gasteiger partial charge on any atom is -0.471 e. The van der Waals surface area contributed by atoms with Gasteiger partial charge in [0.25, 0.3) is 0 Å². The molecule has 1 aliphatic heterocycles. The Bertz CT molecular complexity index is 573. The molecule has 3 nitrogen and oxygen atoms in total. The lowest BCUT2D eigenvalue weighted by Gasteiger charge is -2.41. The number of Topliss-reactive ketones (excluding diaryl/α,β-unsaturated/α-hetero) is 1. The van der Waals surface area contributed by atoms with Crippen molar-refractivity contribution in [2.45, 2.75) is 59.8 Å². The summed E-state index contributed by atoms with van der Waals surface area (Å²) in [6.45, 7) is 9.33. The Morgan fingerprint density at radius 3 is 2.79 bits per heavy atom. The van der Waals surface area contributed by atoms with Crippen molar-refractivity contribution in [3.8, 4) is 0 Å². The molecule has 2 aliphatic rings. The van der Waals surface area contributed by atoms with Crippen molar-refractivity contribution in [1.82, 2.24) is 0 Å². The maximum atomic E-state index is 13.0. The van der Waals surface area contributed by atoms with Crippen molar-refractivity contribution < 1.29 is 14.3 Å². The molecule has 0 bridgehead atoms. The molecule has 0 N–H and O–H groups in total. The molecule has 0 saturated carbocycles. The number of carbonyl (C=O) groups is 1. The van der Waals surface area contributed by atoms with Crippen LogP contribution in [0.1, 0.15) is 59.8 Å². The summed E-state index contributed by atoms with van der Waals surface area (Å²) in [4.78, 5) is 13.0. The molecule has 0 saturated heterocycles. The molecule has 0 aromatic rings. The third-order valence-electron chi connectivity index (χ3n) is 5.53. The van der Waals surface area contributed by atoms with Crippen LogP contribution in [0.3, 0.4) is 0 Å². The van der Waals surface area contributed by atoms with Gasteiger partial charge in [0.2, 0.25) is 0 Å². The van der Waals surface area contributed by atoms with Crippen LogP contribution in [0.2, 0.25) is 0 Å². The van der Waals surface area contributed by atoms with Crippen molar-refractivity contribution in [2.24, 2.45) is 11.3 Å². The number of rotatable bonds is 6. The van der Waals surface area contributed by atoms with E-state index in [2.05, 4.69) is 60.4 Å². The van der Waals surface area contributed by atoms with Crippen LogP contribution < -0.4 is 0 Å². The molecular formula is C20H29IO3. The van der Waals surface area contributed by atoms with Gasteiger partial charge in [0, 0.05) is 11.8 Å². The first kappa shape index (κ1) is 19.7. The minimum atomic E-state index is -0.310. The zero-order valence-corrected chi connectivity index (χ0v) is 17.4. The van der Waals surface area contributed by atoms with Crippen molar-refractivity contribution in [2.75, 3.05) is 13.4 Å².